The summed E-state index contributed by atoms with van der Waals surface area (Å²) >= 11 is 13.1. The molecule has 1 atom stereocenters. The normalized spacial score (nSPS) is 12.8. The molecule has 5 heteroatoms. The Bertz CT molecular complexity index is 536. The molecule has 0 aliphatic carbocycles. The molecule has 1 unspecified atom stereocenters. The highest BCUT2D eigenvalue weighted by molar-refractivity contribution is 14.1. The zero-order valence-corrected chi connectivity index (χ0v) is 14.2. The molecule has 0 saturated carbocycles. The van der Waals surface area contributed by atoms with Crippen LogP contribution in [0.15, 0.2) is 28.7 Å². The Labute approximate surface area is 131 Å². The summed E-state index contributed by atoms with van der Waals surface area (Å²) in [6.07, 6.45) is -0.629. The summed E-state index contributed by atoms with van der Waals surface area (Å²) in [5.74, 6) is 0. The molecule has 90 valence electrons. The van der Waals surface area contributed by atoms with E-state index in [1.165, 1.54) is 11.3 Å². The Hall–Kier alpha value is 0.380. The maximum absolute atomic E-state index is 10.4. The predicted octanol–water partition coefficient (Wildman–Crippen LogP) is 5.16. The second-order valence-corrected chi connectivity index (χ2v) is 7.46. The van der Waals surface area contributed by atoms with Crippen molar-refractivity contribution in [2.75, 3.05) is 0 Å². The number of rotatable bonds is 2. The van der Waals surface area contributed by atoms with E-state index in [9.17, 15) is 5.11 Å². The average Bonchev–Trinajstić information content (AvgIpc) is 2.62. The number of aliphatic hydroxyl groups is 1. The molecular formula is C12H9BrClIOS. The van der Waals surface area contributed by atoms with Crippen LogP contribution in [-0.4, -0.2) is 5.11 Å². The first kappa shape index (κ1) is 13.8. The zero-order chi connectivity index (χ0) is 12.6. The van der Waals surface area contributed by atoms with Crippen molar-refractivity contribution in [3.05, 3.63) is 52.6 Å². The molecule has 0 aliphatic rings. The minimum Gasteiger partial charge on any atom is -0.383 e. The van der Waals surface area contributed by atoms with E-state index in [1.54, 1.807) is 0 Å². The molecule has 0 amide bonds. The van der Waals surface area contributed by atoms with Crippen LogP contribution in [0, 0.1) is 10.5 Å². The van der Waals surface area contributed by atoms with Crippen molar-refractivity contribution in [2.24, 2.45) is 0 Å². The third kappa shape index (κ3) is 3.04. The topological polar surface area (TPSA) is 20.2 Å². The highest BCUT2D eigenvalue weighted by Gasteiger charge is 2.17. The van der Waals surface area contributed by atoms with Crippen LogP contribution < -0.4 is 0 Å². The summed E-state index contributed by atoms with van der Waals surface area (Å²) in [5.41, 5.74) is 1.88. The van der Waals surface area contributed by atoms with Crippen LogP contribution in [-0.2, 0) is 0 Å². The van der Waals surface area contributed by atoms with Gasteiger partial charge in [-0.15, -0.1) is 11.3 Å². The predicted molar refractivity (Wildman–Crippen MR) is 85.0 cm³/mol. The molecule has 0 radical (unpaired) electrons. The monoisotopic (exact) mass is 442 g/mol. The van der Waals surface area contributed by atoms with Crippen LogP contribution in [0.25, 0.3) is 0 Å². The van der Waals surface area contributed by atoms with E-state index < -0.39 is 6.10 Å². The minimum atomic E-state index is -0.629. The largest absolute Gasteiger partial charge is 0.383 e. The van der Waals surface area contributed by atoms with E-state index in [-0.39, 0.29) is 0 Å². The maximum Gasteiger partial charge on any atom is 0.114 e. The van der Waals surface area contributed by atoms with Crippen LogP contribution >= 0.6 is 61.5 Å². The van der Waals surface area contributed by atoms with Crippen molar-refractivity contribution in [2.45, 2.75) is 13.0 Å². The van der Waals surface area contributed by atoms with E-state index in [4.69, 9.17) is 11.6 Å². The van der Waals surface area contributed by atoms with Crippen LogP contribution in [0.4, 0.5) is 0 Å². The Morgan fingerprint density at radius 2 is 2.12 bits per heavy atom. The number of thiophene rings is 1. The third-order valence-corrected chi connectivity index (χ3v) is 5.40. The van der Waals surface area contributed by atoms with Crippen molar-refractivity contribution < 1.29 is 5.11 Å². The fraction of sp³-hybridized carbons (Fsp3) is 0.167. The number of aryl methyl sites for hydroxylation is 1. The molecule has 0 fully saturated rings. The first-order chi connectivity index (χ1) is 7.99. The van der Waals surface area contributed by atoms with E-state index in [2.05, 4.69) is 38.5 Å². The molecule has 0 saturated heterocycles. The smallest absolute Gasteiger partial charge is 0.114 e. The van der Waals surface area contributed by atoms with E-state index in [0.29, 0.717) is 0 Å². The molecule has 1 aromatic heterocycles. The minimum absolute atomic E-state index is 0.629. The number of halogens is 3. The van der Waals surface area contributed by atoms with Crippen LogP contribution in [0.1, 0.15) is 22.1 Å². The molecule has 2 rings (SSSR count). The summed E-state index contributed by atoms with van der Waals surface area (Å²) < 4.78 is 2.74. The SMILES string of the molecule is Cc1cc(C(O)c2cc(I)ccc2Br)sc1Cl. The lowest BCUT2D eigenvalue weighted by molar-refractivity contribution is 0.223. The second-order valence-electron chi connectivity index (χ2n) is 3.67. The Morgan fingerprint density at radius 3 is 2.71 bits per heavy atom. The third-order valence-electron chi connectivity index (χ3n) is 2.40. The molecule has 0 bridgehead atoms. The Balaban J connectivity index is 2.42. The Morgan fingerprint density at radius 1 is 1.41 bits per heavy atom. The van der Waals surface area contributed by atoms with E-state index in [1.807, 2.05) is 31.2 Å². The van der Waals surface area contributed by atoms with Crippen LogP contribution in [0.3, 0.4) is 0 Å². The highest BCUT2D eigenvalue weighted by Crippen LogP contribution is 2.36. The molecule has 1 nitrogen and oxygen atoms in total. The summed E-state index contributed by atoms with van der Waals surface area (Å²) in [6, 6.07) is 7.85. The number of benzene rings is 1. The summed E-state index contributed by atoms with van der Waals surface area (Å²) in [7, 11) is 0. The van der Waals surface area contributed by atoms with Gasteiger partial charge in [0.25, 0.3) is 0 Å². The van der Waals surface area contributed by atoms with E-state index in [0.717, 1.165) is 28.4 Å². The van der Waals surface area contributed by atoms with Gasteiger partial charge in [-0.05, 0) is 59.3 Å². The van der Waals surface area contributed by atoms with E-state index >= 15 is 0 Å². The van der Waals surface area contributed by atoms with Crippen LogP contribution in [0.5, 0.6) is 0 Å². The van der Waals surface area contributed by atoms with Gasteiger partial charge in [0.05, 0.1) is 4.34 Å². The van der Waals surface area contributed by atoms with Gasteiger partial charge in [-0.25, -0.2) is 0 Å². The van der Waals surface area contributed by atoms with Gasteiger partial charge in [0.2, 0.25) is 0 Å². The molecule has 2 aromatic rings. The molecule has 1 heterocycles. The lowest BCUT2D eigenvalue weighted by atomic mass is 10.1. The molecule has 1 N–H and O–H groups in total. The fourth-order valence-electron chi connectivity index (χ4n) is 1.50. The van der Waals surface area contributed by atoms with Gasteiger partial charge < -0.3 is 5.11 Å². The summed E-state index contributed by atoms with van der Waals surface area (Å²) in [4.78, 5) is 0.871. The van der Waals surface area contributed by atoms with Gasteiger partial charge >= 0.3 is 0 Å². The van der Waals surface area contributed by atoms with Gasteiger partial charge in [-0.2, -0.15) is 0 Å². The summed E-state index contributed by atoms with van der Waals surface area (Å²) in [5, 5.41) is 10.4. The Kier molecular flexibility index (Phi) is 4.52. The highest BCUT2D eigenvalue weighted by atomic mass is 127. The van der Waals surface area contributed by atoms with Crippen molar-refractivity contribution in [1.29, 1.82) is 0 Å². The van der Waals surface area contributed by atoms with Gasteiger partial charge in [-0.1, -0.05) is 27.5 Å². The summed E-state index contributed by atoms with van der Waals surface area (Å²) in [6.45, 7) is 1.94. The van der Waals surface area contributed by atoms with Gasteiger partial charge in [0.1, 0.15) is 6.10 Å². The molecule has 0 aliphatic heterocycles. The van der Waals surface area contributed by atoms with Crippen LogP contribution in [0.2, 0.25) is 4.34 Å². The maximum atomic E-state index is 10.4. The standard InChI is InChI=1S/C12H9BrClIOS/c1-6-4-10(17-12(6)14)11(16)8-5-7(15)2-3-9(8)13/h2-5,11,16H,1H3. The average molecular weight is 444 g/mol. The quantitative estimate of drug-likeness (QED) is 0.636. The van der Waals surface area contributed by atoms with Gasteiger partial charge in [0, 0.05) is 18.5 Å². The first-order valence-electron chi connectivity index (χ1n) is 4.88. The second kappa shape index (κ2) is 5.57. The first-order valence-corrected chi connectivity index (χ1v) is 7.94. The van der Waals surface area contributed by atoms with Crippen molar-refractivity contribution >= 4 is 61.5 Å². The van der Waals surface area contributed by atoms with Gasteiger partial charge in [-0.3, -0.25) is 0 Å². The molecular weight excluding hydrogens is 434 g/mol. The molecule has 0 spiro atoms. The number of aliphatic hydroxyl groups excluding tert-OH is 1. The number of hydrogen-bond donors (Lipinski definition) is 1. The molecule has 1 aromatic carbocycles. The van der Waals surface area contributed by atoms with Crippen molar-refractivity contribution in [3.8, 4) is 0 Å². The molecule has 17 heavy (non-hydrogen) atoms. The lowest BCUT2D eigenvalue weighted by Crippen LogP contribution is -1.98. The lowest BCUT2D eigenvalue weighted by Gasteiger charge is -2.11. The van der Waals surface area contributed by atoms with Crippen molar-refractivity contribution in [1.82, 2.24) is 0 Å². The number of hydrogen-bond acceptors (Lipinski definition) is 2. The zero-order valence-electron chi connectivity index (χ0n) is 8.88. The van der Waals surface area contributed by atoms with Gasteiger partial charge in [0.15, 0.2) is 0 Å². The van der Waals surface area contributed by atoms with Crippen molar-refractivity contribution in [3.63, 3.8) is 0 Å². The fourth-order valence-corrected chi connectivity index (χ4v) is 3.70.